The van der Waals surface area contributed by atoms with Crippen molar-refractivity contribution in [1.29, 1.82) is 0 Å². The number of carbonyl (C=O) groups excluding carboxylic acids is 1. The van der Waals surface area contributed by atoms with E-state index in [0.717, 1.165) is 18.8 Å². The highest BCUT2D eigenvalue weighted by atomic mass is 16.5. The Morgan fingerprint density at radius 1 is 1.12 bits per heavy atom. The number of phenols is 1. The third-order valence-electron chi connectivity index (χ3n) is 4.23. The molecule has 0 atom stereocenters. The largest absolute Gasteiger partial charge is 0.508 e. The molecule has 1 aliphatic heterocycles. The minimum atomic E-state index is 0.0226. The number of phenolic OH excluding ortho intramolecular Hbond substituents is 1. The molecular formula is C20H22N2O3. The highest BCUT2D eigenvalue weighted by molar-refractivity contribution is 5.94. The lowest BCUT2D eigenvalue weighted by Gasteiger charge is -2.36. The molecule has 2 aromatic carbocycles. The Bertz CT molecular complexity index is 735. The summed E-state index contributed by atoms with van der Waals surface area (Å²) >= 11 is 0. The van der Waals surface area contributed by atoms with Gasteiger partial charge in [0.15, 0.2) is 0 Å². The molecule has 2 aromatic rings. The van der Waals surface area contributed by atoms with Gasteiger partial charge in [0.2, 0.25) is 0 Å². The number of benzene rings is 2. The zero-order chi connectivity index (χ0) is 17.6. The van der Waals surface area contributed by atoms with Gasteiger partial charge in [-0.3, -0.25) is 4.79 Å². The van der Waals surface area contributed by atoms with Crippen molar-refractivity contribution < 1.29 is 14.6 Å². The van der Waals surface area contributed by atoms with Gasteiger partial charge in [-0.2, -0.15) is 0 Å². The summed E-state index contributed by atoms with van der Waals surface area (Å²) in [5, 5.41) is 9.39. The van der Waals surface area contributed by atoms with Crippen LogP contribution >= 0.6 is 0 Å². The lowest BCUT2D eigenvalue weighted by atomic mass is 10.1. The Hall–Kier alpha value is -2.95. The number of carbonyl (C=O) groups is 1. The lowest BCUT2D eigenvalue weighted by Crippen LogP contribution is -2.48. The van der Waals surface area contributed by atoms with E-state index in [1.807, 2.05) is 35.2 Å². The molecule has 5 heteroatoms. The van der Waals surface area contributed by atoms with Gasteiger partial charge in [-0.15, -0.1) is 0 Å². The number of amides is 1. The fourth-order valence-electron chi connectivity index (χ4n) is 2.89. The van der Waals surface area contributed by atoms with Crippen molar-refractivity contribution in [2.75, 3.05) is 37.7 Å². The van der Waals surface area contributed by atoms with Crippen LogP contribution in [0.2, 0.25) is 0 Å². The van der Waals surface area contributed by atoms with Crippen molar-refractivity contribution in [2.24, 2.45) is 0 Å². The van der Waals surface area contributed by atoms with Crippen molar-refractivity contribution in [3.63, 3.8) is 0 Å². The second-order valence-corrected chi connectivity index (χ2v) is 5.92. The Morgan fingerprint density at radius 3 is 2.52 bits per heavy atom. The molecule has 0 spiro atoms. The summed E-state index contributed by atoms with van der Waals surface area (Å²) in [7, 11) is 0. The Balaban J connectivity index is 1.61. The molecule has 5 nitrogen and oxygen atoms in total. The van der Waals surface area contributed by atoms with Crippen LogP contribution in [0.4, 0.5) is 5.69 Å². The fraction of sp³-hybridized carbons (Fsp3) is 0.250. The molecule has 1 N–H and O–H groups in total. The number of piperazine rings is 1. The van der Waals surface area contributed by atoms with Gasteiger partial charge >= 0.3 is 0 Å². The Morgan fingerprint density at radius 2 is 1.84 bits per heavy atom. The molecule has 1 heterocycles. The minimum absolute atomic E-state index is 0.0226. The molecule has 0 bridgehead atoms. The van der Waals surface area contributed by atoms with Gasteiger partial charge in [0.25, 0.3) is 5.91 Å². The third-order valence-corrected chi connectivity index (χ3v) is 4.23. The van der Waals surface area contributed by atoms with Crippen LogP contribution in [-0.2, 0) is 0 Å². The molecule has 0 unspecified atom stereocenters. The van der Waals surface area contributed by atoms with Gasteiger partial charge in [-0.25, -0.2) is 0 Å². The summed E-state index contributed by atoms with van der Waals surface area (Å²) in [6.07, 6.45) is 1.68. The molecule has 130 valence electrons. The number of nitrogens with zero attached hydrogens (tertiary/aromatic N) is 2. The Labute approximate surface area is 147 Å². The van der Waals surface area contributed by atoms with E-state index < -0.39 is 0 Å². The van der Waals surface area contributed by atoms with E-state index in [-0.39, 0.29) is 11.7 Å². The summed E-state index contributed by atoms with van der Waals surface area (Å²) in [5.41, 5.74) is 1.70. The summed E-state index contributed by atoms with van der Waals surface area (Å²) < 4.78 is 5.50. The van der Waals surface area contributed by atoms with E-state index in [4.69, 9.17) is 4.74 Å². The van der Waals surface area contributed by atoms with Gasteiger partial charge in [-0.05, 0) is 42.5 Å². The highest BCUT2D eigenvalue weighted by Gasteiger charge is 2.22. The van der Waals surface area contributed by atoms with Crippen LogP contribution in [0.5, 0.6) is 11.5 Å². The number of ether oxygens (including phenoxy) is 1. The summed E-state index contributed by atoms with van der Waals surface area (Å²) in [5.74, 6) is 0.957. The predicted molar refractivity (Wildman–Crippen MR) is 98.4 cm³/mol. The van der Waals surface area contributed by atoms with Crippen molar-refractivity contribution in [3.05, 3.63) is 66.7 Å². The first-order chi connectivity index (χ1) is 12.2. The van der Waals surface area contributed by atoms with Crippen molar-refractivity contribution >= 4 is 11.6 Å². The quantitative estimate of drug-likeness (QED) is 0.852. The fourth-order valence-corrected chi connectivity index (χ4v) is 2.89. The molecular weight excluding hydrogens is 316 g/mol. The Kier molecular flexibility index (Phi) is 5.23. The first kappa shape index (κ1) is 16.9. The van der Waals surface area contributed by atoms with E-state index >= 15 is 0 Å². The van der Waals surface area contributed by atoms with Crippen LogP contribution in [0, 0.1) is 0 Å². The lowest BCUT2D eigenvalue weighted by molar-refractivity contribution is 0.0746. The molecule has 1 amide bonds. The normalized spacial score (nSPS) is 14.2. The van der Waals surface area contributed by atoms with Gasteiger partial charge in [0.1, 0.15) is 18.1 Å². The molecule has 25 heavy (non-hydrogen) atoms. The molecule has 0 aliphatic carbocycles. The van der Waals surface area contributed by atoms with Crippen LogP contribution in [0.3, 0.4) is 0 Å². The average Bonchev–Trinajstić information content (AvgIpc) is 2.67. The number of hydrogen-bond donors (Lipinski definition) is 1. The first-order valence-corrected chi connectivity index (χ1v) is 8.34. The van der Waals surface area contributed by atoms with Crippen LogP contribution in [0.25, 0.3) is 0 Å². The average molecular weight is 338 g/mol. The van der Waals surface area contributed by atoms with Crippen molar-refractivity contribution in [3.8, 4) is 11.5 Å². The number of anilines is 1. The van der Waals surface area contributed by atoms with E-state index in [2.05, 4.69) is 11.5 Å². The van der Waals surface area contributed by atoms with Crippen LogP contribution in [0.15, 0.2) is 61.2 Å². The third kappa shape index (κ3) is 4.12. The number of hydrogen-bond acceptors (Lipinski definition) is 4. The van der Waals surface area contributed by atoms with Crippen LogP contribution < -0.4 is 9.64 Å². The SMILES string of the molecule is C=CCOc1cccc(C(=O)N2CCN(c3ccc(O)cc3)CC2)c1. The molecule has 0 radical (unpaired) electrons. The molecule has 3 rings (SSSR count). The first-order valence-electron chi connectivity index (χ1n) is 8.34. The van der Waals surface area contributed by atoms with Crippen LogP contribution in [-0.4, -0.2) is 48.7 Å². The monoisotopic (exact) mass is 338 g/mol. The smallest absolute Gasteiger partial charge is 0.254 e. The van der Waals surface area contributed by atoms with E-state index in [1.165, 1.54) is 0 Å². The molecule has 1 aliphatic rings. The maximum Gasteiger partial charge on any atom is 0.254 e. The van der Waals surface area contributed by atoms with Gasteiger partial charge in [0.05, 0.1) is 0 Å². The highest BCUT2D eigenvalue weighted by Crippen LogP contribution is 2.21. The van der Waals surface area contributed by atoms with Gasteiger partial charge in [-0.1, -0.05) is 18.7 Å². The van der Waals surface area contributed by atoms with E-state index in [9.17, 15) is 9.90 Å². The predicted octanol–water partition coefficient (Wildman–Crippen LogP) is 2.92. The molecule has 0 aromatic heterocycles. The molecule has 1 fully saturated rings. The zero-order valence-electron chi connectivity index (χ0n) is 14.1. The van der Waals surface area contributed by atoms with Gasteiger partial charge in [0, 0.05) is 37.4 Å². The van der Waals surface area contributed by atoms with Crippen molar-refractivity contribution in [2.45, 2.75) is 0 Å². The number of rotatable bonds is 5. The van der Waals surface area contributed by atoms with E-state index in [1.54, 1.807) is 24.3 Å². The molecule has 1 saturated heterocycles. The summed E-state index contributed by atoms with van der Waals surface area (Å²) in [6, 6.07) is 14.4. The van der Waals surface area contributed by atoms with E-state index in [0.29, 0.717) is 31.0 Å². The van der Waals surface area contributed by atoms with Gasteiger partial charge < -0.3 is 19.6 Å². The number of aromatic hydroxyl groups is 1. The standard InChI is InChI=1S/C20H22N2O3/c1-2-14-25-19-5-3-4-16(15-19)20(24)22-12-10-21(11-13-22)17-6-8-18(23)9-7-17/h2-9,15,23H,1,10-14H2. The maximum atomic E-state index is 12.7. The second kappa shape index (κ2) is 7.75. The van der Waals surface area contributed by atoms with Crippen molar-refractivity contribution in [1.82, 2.24) is 4.90 Å². The second-order valence-electron chi connectivity index (χ2n) is 5.92. The summed E-state index contributed by atoms with van der Waals surface area (Å²) in [6.45, 7) is 6.91. The maximum absolute atomic E-state index is 12.7. The zero-order valence-corrected chi connectivity index (χ0v) is 14.1. The topological polar surface area (TPSA) is 53.0 Å². The summed E-state index contributed by atoms with van der Waals surface area (Å²) in [4.78, 5) is 16.8. The van der Waals surface area contributed by atoms with Crippen LogP contribution in [0.1, 0.15) is 10.4 Å². The molecule has 0 saturated carbocycles. The minimum Gasteiger partial charge on any atom is -0.508 e.